The van der Waals surface area contributed by atoms with Gasteiger partial charge in [0.05, 0.1) is 5.71 Å². The molecule has 0 saturated carbocycles. The zero-order chi connectivity index (χ0) is 11.7. The maximum absolute atomic E-state index is 5.74. The molecule has 3 heteroatoms. The van der Waals surface area contributed by atoms with Crippen LogP contribution in [0.4, 0.5) is 0 Å². The summed E-state index contributed by atoms with van der Waals surface area (Å²) >= 11 is 0. The Labute approximate surface area is 102 Å². The highest BCUT2D eigenvalue weighted by Crippen LogP contribution is 2.34. The van der Waals surface area contributed by atoms with Crippen LogP contribution in [0.3, 0.4) is 0 Å². The largest absolute Gasteiger partial charge is 0.388 e. The molecule has 2 heterocycles. The van der Waals surface area contributed by atoms with Gasteiger partial charge in [0.2, 0.25) is 0 Å². The van der Waals surface area contributed by atoms with Crippen LogP contribution in [0.25, 0.3) is 0 Å². The lowest BCUT2D eigenvalue weighted by Crippen LogP contribution is -2.42. The van der Waals surface area contributed by atoms with Gasteiger partial charge in [-0.15, -0.1) is 0 Å². The number of hydrogen-bond donors (Lipinski definition) is 1. The average Bonchev–Trinajstić information content (AvgIpc) is 2.74. The number of rotatable bonds is 1. The number of hydrogen-bond acceptors (Lipinski definition) is 3. The first kappa shape index (κ1) is 10.8. The predicted molar refractivity (Wildman–Crippen MR) is 68.3 cm³/mol. The van der Waals surface area contributed by atoms with Crippen LogP contribution < -0.4 is 5.32 Å². The van der Waals surface area contributed by atoms with E-state index in [0.29, 0.717) is 0 Å². The van der Waals surface area contributed by atoms with Gasteiger partial charge in [0.1, 0.15) is 5.60 Å². The van der Waals surface area contributed by atoms with Crippen LogP contribution in [0.15, 0.2) is 29.4 Å². The molecule has 2 aliphatic heterocycles. The lowest BCUT2D eigenvalue weighted by molar-refractivity contribution is -0.0400. The van der Waals surface area contributed by atoms with Gasteiger partial charge in [0.25, 0.3) is 0 Å². The number of nitrogens with zero attached hydrogens (tertiary/aromatic N) is 1. The first-order valence-electron chi connectivity index (χ1n) is 6.30. The molecule has 90 valence electrons. The van der Waals surface area contributed by atoms with Crippen LogP contribution in [-0.2, 0) is 4.84 Å². The van der Waals surface area contributed by atoms with Gasteiger partial charge in [-0.1, -0.05) is 35.0 Å². The molecule has 1 spiro atoms. The maximum Gasteiger partial charge on any atom is 0.145 e. The highest BCUT2D eigenvalue weighted by atomic mass is 16.7. The van der Waals surface area contributed by atoms with Crippen molar-refractivity contribution in [1.82, 2.24) is 5.32 Å². The molecule has 2 aliphatic rings. The minimum Gasteiger partial charge on any atom is -0.388 e. The highest BCUT2D eigenvalue weighted by Gasteiger charge is 2.40. The third-order valence-corrected chi connectivity index (χ3v) is 3.71. The summed E-state index contributed by atoms with van der Waals surface area (Å²) in [6.45, 7) is 4.19. The lowest BCUT2D eigenvalue weighted by Gasteiger charge is -2.30. The summed E-state index contributed by atoms with van der Waals surface area (Å²) in [4.78, 5) is 5.74. The average molecular weight is 230 g/mol. The van der Waals surface area contributed by atoms with Gasteiger partial charge in [-0.25, -0.2) is 0 Å². The van der Waals surface area contributed by atoms with Crippen molar-refractivity contribution in [2.75, 3.05) is 13.1 Å². The van der Waals surface area contributed by atoms with Crippen molar-refractivity contribution in [3.8, 4) is 0 Å². The molecule has 0 unspecified atom stereocenters. The molecular formula is C14H18N2O. The van der Waals surface area contributed by atoms with E-state index in [9.17, 15) is 0 Å². The van der Waals surface area contributed by atoms with E-state index in [0.717, 1.165) is 38.1 Å². The first-order chi connectivity index (χ1) is 8.27. The summed E-state index contributed by atoms with van der Waals surface area (Å²) in [7, 11) is 0. The van der Waals surface area contributed by atoms with E-state index in [-0.39, 0.29) is 5.60 Å². The van der Waals surface area contributed by atoms with Gasteiger partial charge in [-0.3, -0.25) is 0 Å². The Morgan fingerprint density at radius 1 is 1.29 bits per heavy atom. The quantitative estimate of drug-likeness (QED) is 0.802. The number of oxime groups is 1. The number of benzene rings is 1. The maximum atomic E-state index is 5.74. The van der Waals surface area contributed by atoms with Crippen molar-refractivity contribution < 1.29 is 4.84 Å². The molecule has 0 bridgehead atoms. The standard InChI is InChI=1S/C14H18N2O/c1-11-3-2-4-12(9-11)13-10-14(17-16-13)5-7-15-8-6-14/h2-4,9,15H,5-8,10H2,1H3. The Hall–Kier alpha value is -1.35. The van der Waals surface area contributed by atoms with Crippen molar-refractivity contribution in [1.29, 1.82) is 0 Å². The van der Waals surface area contributed by atoms with Crippen molar-refractivity contribution in [3.05, 3.63) is 35.4 Å². The summed E-state index contributed by atoms with van der Waals surface area (Å²) in [6, 6.07) is 8.50. The van der Waals surface area contributed by atoms with E-state index in [1.165, 1.54) is 11.1 Å². The van der Waals surface area contributed by atoms with E-state index in [1.807, 2.05) is 0 Å². The van der Waals surface area contributed by atoms with Crippen LogP contribution >= 0.6 is 0 Å². The van der Waals surface area contributed by atoms with E-state index in [1.54, 1.807) is 0 Å². The fourth-order valence-electron chi connectivity index (χ4n) is 2.65. The van der Waals surface area contributed by atoms with Gasteiger partial charge < -0.3 is 10.2 Å². The normalized spacial score (nSPS) is 22.3. The van der Waals surface area contributed by atoms with Crippen LogP contribution in [-0.4, -0.2) is 24.4 Å². The van der Waals surface area contributed by atoms with E-state index in [2.05, 4.69) is 41.7 Å². The number of nitrogens with one attached hydrogen (secondary N) is 1. The zero-order valence-corrected chi connectivity index (χ0v) is 10.2. The highest BCUT2D eigenvalue weighted by molar-refractivity contribution is 6.01. The SMILES string of the molecule is Cc1cccc(C2=NOC3(CCNCC3)C2)c1. The number of aryl methyl sites for hydroxylation is 1. The Bertz CT molecular complexity index is 447. The number of piperidine rings is 1. The third kappa shape index (κ3) is 2.07. The molecule has 0 amide bonds. The van der Waals surface area contributed by atoms with Gasteiger partial charge in [-0.05, 0) is 25.6 Å². The Morgan fingerprint density at radius 3 is 2.88 bits per heavy atom. The van der Waals surface area contributed by atoms with E-state index in [4.69, 9.17) is 4.84 Å². The second kappa shape index (κ2) is 4.15. The molecule has 3 rings (SSSR count). The van der Waals surface area contributed by atoms with Crippen LogP contribution in [0.1, 0.15) is 30.4 Å². The summed E-state index contributed by atoms with van der Waals surface area (Å²) in [6.07, 6.45) is 3.08. The predicted octanol–water partition coefficient (Wildman–Crippen LogP) is 2.24. The van der Waals surface area contributed by atoms with E-state index < -0.39 is 0 Å². The van der Waals surface area contributed by atoms with Crippen LogP contribution in [0.5, 0.6) is 0 Å². The first-order valence-corrected chi connectivity index (χ1v) is 6.30. The minimum absolute atomic E-state index is 0.0235. The summed E-state index contributed by atoms with van der Waals surface area (Å²) < 4.78 is 0. The molecule has 1 fully saturated rings. The molecule has 17 heavy (non-hydrogen) atoms. The van der Waals surface area contributed by atoms with Crippen molar-refractivity contribution in [3.63, 3.8) is 0 Å². The molecular weight excluding hydrogens is 212 g/mol. The molecule has 1 aromatic rings. The van der Waals surface area contributed by atoms with Crippen molar-refractivity contribution in [2.24, 2.45) is 5.16 Å². The van der Waals surface area contributed by atoms with Crippen molar-refractivity contribution >= 4 is 5.71 Å². The fraction of sp³-hybridized carbons (Fsp3) is 0.500. The molecule has 1 aromatic carbocycles. The second-order valence-corrected chi connectivity index (χ2v) is 5.11. The summed E-state index contributed by atoms with van der Waals surface area (Å²) in [5.41, 5.74) is 3.57. The Balaban J connectivity index is 1.79. The second-order valence-electron chi connectivity index (χ2n) is 5.11. The topological polar surface area (TPSA) is 33.6 Å². The van der Waals surface area contributed by atoms with Gasteiger partial charge >= 0.3 is 0 Å². The van der Waals surface area contributed by atoms with Crippen LogP contribution in [0.2, 0.25) is 0 Å². The fourth-order valence-corrected chi connectivity index (χ4v) is 2.65. The molecule has 0 radical (unpaired) electrons. The molecule has 3 nitrogen and oxygen atoms in total. The summed E-state index contributed by atoms with van der Waals surface area (Å²) in [5.74, 6) is 0. The van der Waals surface area contributed by atoms with Gasteiger partial charge in [0, 0.05) is 19.3 Å². The monoisotopic (exact) mass is 230 g/mol. The Morgan fingerprint density at radius 2 is 2.12 bits per heavy atom. The zero-order valence-electron chi connectivity index (χ0n) is 10.2. The molecule has 1 N–H and O–H groups in total. The molecule has 1 saturated heterocycles. The van der Waals surface area contributed by atoms with E-state index >= 15 is 0 Å². The van der Waals surface area contributed by atoms with Crippen molar-refractivity contribution in [2.45, 2.75) is 31.8 Å². The van der Waals surface area contributed by atoms with Crippen LogP contribution in [0, 0.1) is 6.92 Å². The lowest BCUT2D eigenvalue weighted by atomic mass is 9.86. The summed E-state index contributed by atoms with van der Waals surface area (Å²) in [5, 5.41) is 7.68. The molecule has 0 aliphatic carbocycles. The third-order valence-electron chi connectivity index (χ3n) is 3.71. The minimum atomic E-state index is -0.0235. The molecule has 0 aromatic heterocycles. The van der Waals surface area contributed by atoms with Gasteiger partial charge in [0.15, 0.2) is 0 Å². The van der Waals surface area contributed by atoms with Gasteiger partial charge in [-0.2, -0.15) is 0 Å². The molecule has 0 atom stereocenters. The Kier molecular flexibility index (Phi) is 2.63. The smallest absolute Gasteiger partial charge is 0.145 e.